The average molecular weight is 322 g/mol. The molecule has 23 heavy (non-hydrogen) atoms. The van der Waals surface area contributed by atoms with Gasteiger partial charge < -0.3 is 0 Å². The van der Waals surface area contributed by atoms with Crippen LogP contribution in [0.3, 0.4) is 0 Å². The lowest BCUT2D eigenvalue weighted by molar-refractivity contribution is -0.683. The molecular formula is C21H41N2+. The van der Waals surface area contributed by atoms with Crippen molar-refractivity contribution >= 4 is 0 Å². The van der Waals surface area contributed by atoms with E-state index < -0.39 is 0 Å². The summed E-state index contributed by atoms with van der Waals surface area (Å²) in [7, 11) is 2.16. The molecule has 0 aliphatic carbocycles. The summed E-state index contributed by atoms with van der Waals surface area (Å²) in [5.41, 5.74) is 1.45. The Labute approximate surface area is 145 Å². The number of aryl methyl sites for hydroxylation is 2. The monoisotopic (exact) mass is 321 g/mol. The maximum Gasteiger partial charge on any atom is 0.251 e. The first-order valence-electron chi connectivity index (χ1n) is 10.3. The van der Waals surface area contributed by atoms with Crippen molar-refractivity contribution in [1.82, 2.24) is 4.98 Å². The molecule has 1 aromatic rings. The molecule has 0 fully saturated rings. The van der Waals surface area contributed by atoms with Gasteiger partial charge in [0, 0.05) is 13.3 Å². The van der Waals surface area contributed by atoms with E-state index >= 15 is 0 Å². The highest BCUT2D eigenvalue weighted by atomic mass is 15.0. The first-order valence-corrected chi connectivity index (χ1v) is 10.3. The molecule has 0 amide bonds. The van der Waals surface area contributed by atoms with Gasteiger partial charge >= 0.3 is 0 Å². The van der Waals surface area contributed by atoms with Crippen LogP contribution in [0.4, 0.5) is 0 Å². The largest absolute Gasteiger partial charge is 0.251 e. The minimum Gasteiger partial charge on any atom is -0.248 e. The van der Waals surface area contributed by atoms with Gasteiger partial charge in [-0.1, -0.05) is 90.4 Å². The summed E-state index contributed by atoms with van der Waals surface area (Å²) in [6.07, 6.45) is 23.5. The molecule has 0 spiro atoms. The number of nitrogens with one attached hydrogen (secondary N) is 1. The van der Waals surface area contributed by atoms with Gasteiger partial charge in [0.15, 0.2) is 0 Å². The zero-order valence-electron chi connectivity index (χ0n) is 16.1. The number of unbranched alkanes of at least 4 members (excludes halogenated alkanes) is 13. The van der Waals surface area contributed by atoms with Gasteiger partial charge in [0.1, 0.15) is 11.9 Å². The second-order valence-corrected chi connectivity index (χ2v) is 7.27. The second kappa shape index (κ2) is 13.6. The Morgan fingerprint density at radius 2 is 1.17 bits per heavy atom. The van der Waals surface area contributed by atoms with Gasteiger partial charge in [0.05, 0.1) is 7.05 Å². The van der Waals surface area contributed by atoms with E-state index in [1.165, 1.54) is 108 Å². The molecule has 0 saturated carbocycles. The molecule has 0 unspecified atom stereocenters. The SMILES string of the molecule is CCCCCCCCCCCCCCCCc1c[nH]c(C)[n+]1C. The number of imidazole rings is 1. The molecule has 1 rings (SSSR count). The Hall–Kier alpha value is -0.790. The van der Waals surface area contributed by atoms with Gasteiger partial charge in [-0.2, -0.15) is 0 Å². The molecule has 2 heteroatoms. The molecule has 0 bridgehead atoms. The van der Waals surface area contributed by atoms with Crippen molar-refractivity contribution in [3.05, 3.63) is 17.7 Å². The molecule has 0 atom stereocenters. The predicted octanol–water partition coefficient (Wildman–Crippen LogP) is 6.17. The van der Waals surface area contributed by atoms with E-state index in [9.17, 15) is 0 Å². The molecule has 1 N–H and O–H groups in total. The zero-order chi connectivity index (χ0) is 16.8. The molecule has 1 heterocycles. The van der Waals surface area contributed by atoms with Crippen LogP contribution in [0.2, 0.25) is 0 Å². The van der Waals surface area contributed by atoms with Crippen molar-refractivity contribution in [2.45, 2.75) is 110 Å². The van der Waals surface area contributed by atoms with Crippen LogP contribution in [-0.2, 0) is 13.5 Å². The van der Waals surface area contributed by atoms with Crippen molar-refractivity contribution in [2.75, 3.05) is 0 Å². The van der Waals surface area contributed by atoms with E-state index in [0.29, 0.717) is 0 Å². The third-order valence-corrected chi connectivity index (χ3v) is 5.17. The second-order valence-electron chi connectivity index (χ2n) is 7.27. The lowest BCUT2D eigenvalue weighted by Crippen LogP contribution is -2.33. The van der Waals surface area contributed by atoms with E-state index in [4.69, 9.17) is 0 Å². The summed E-state index contributed by atoms with van der Waals surface area (Å²) >= 11 is 0. The number of H-pyrrole nitrogens is 1. The standard InChI is InChI=1S/C21H40N2/c1-4-5-6-7-8-9-10-11-12-13-14-15-16-17-18-21-19-22-20(2)23(21)3/h19H,4-18H2,1-3H3/p+1. The summed E-state index contributed by atoms with van der Waals surface area (Å²) in [5, 5.41) is 0. The number of rotatable bonds is 15. The summed E-state index contributed by atoms with van der Waals surface area (Å²) in [6.45, 7) is 4.43. The van der Waals surface area contributed by atoms with Crippen molar-refractivity contribution in [3.8, 4) is 0 Å². The Balaban J connectivity index is 1.79. The van der Waals surface area contributed by atoms with Crippen LogP contribution >= 0.6 is 0 Å². The number of nitrogens with zero attached hydrogens (tertiary/aromatic N) is 1. The topological polar surface area (TPSA) is 19.7 Å². The smallest absolute Gasteiger partial charge is 0.248 e. The van der Waals surface area contributed by atoms with E-state index in [2.05, 4.69) is 36.6 Å². The molecule has 0 aliphatic heterocycles. The molecule has 134 valence electrons. The van der Waals surface area contributed by atoms with Crippen LogP contribution < -0.4 is 4.57 Å². The number of hydrogen-bond donors (Lipinski definition) is 1. The van der Waals surface area contributed by atoms with E-state index in [-0.39, 0.29) is 0 Å². The lowest BCUT2D eigenvalue weighted by Gasteiger charge is -2.03. The van der Waals surface area contributed by atoms with Gasteiger partial charge in [-0.15, -0.1) is 0 Å². The normalized spacial score (nSPS) is 11.3. The predicted molar refractivity (Wildman–Crippen MR) is 101 cm³/mol. The van der Waals surface area contributed by atoms with E-state index in [1.807, 2.05) is 0 Å². The first kappa shape index (κ1) is 20.3. The highest BCUT2D eigenvalue weighted by Crippen LogP contribution is 2.13. The lowest BCUT2D eigenvalue weighted by atomic mass is 10.0. The molecule has 0 saturated heterocycles. The van der Waals surface area contributed by atoms with Crippen molar-refractivity contribution < 1.29 is 4.57 Å². The number of aromatic nitrogens is 2. The number of aromatic amines is 1. The van der Waals surface area contributed by atoms with Gasteiger partial charge in [0.2, 0.25) is 0 Å². The Morgan fingerprint density at radius 1 is 0.739 bits per heavy atom. The van der Waals surface area contributed by atoms with Gasteiger partial charge in [-0.3, -0.25) is 0 Å². The summed E-state index contributed by atoms with van der Waals surface area (Å²) in [5.74, 6) is 1.25. The fraction of sp³-hybridized carbons (Fsp3) is 0.857. The third kappa shape index (κ3) is 9.84. The fourth-order valence-corrected chi connectivity index (χ4v) is 3.34. The highest BCUT2D eigenvalue weighted by molar-refractivity contribution is 4.89. The third-order valence-electron chi connectivity index (χ3n) is 5.17. The van der Waals surface area contributed by atoms with Gasteiger partial charge in [-0.05, 0) is 6.42 Å². The van der Waals surface area contributed by atoms with Crippen LogP contribution in [0.25, 0.3) is 0 Å². The molecule has 1 aromatic heterocycles. The van der Waals surface area contributed by atoms with Crippen LogP contribution in [0.15, 0.2) is 6.20 Å². The van der Waals surface area contributed by atoms with Gasteiger partial charge in [0.25, 0.3) is 5.82 Å². The molecular weight excluding hydrogens is 280 g/mol. The van der Waals surface area contributed by atoms with Crippen LogP contribution in [0.5, 0.6) is 0 Å². The summed E-state index contributed by atoms with van der Waals surface area (Å²) < 4.78 is 2.28. The van der Waals surface area contributed by atoms with Gasteiger partial charge in [-0.25, -0.2) is 9.55 Å². The molecule has 0 aliphatic rings. The maximum absolute atomic E-state index is 3.30. The molecule has 0 radical (unpaired) electrons. The van der Waals surface area contributed by atoms with Crippen molar-refractivity contribution in [3.63, 3.8) is 0 Å². The van der Waals surface area contributed by atoms with Crippen LogP contribution in [0, 0.1) is 6.92 Å². The minimum atomic E-state index is 1.22. The molecule has 0 aromatic carbocycles. The fourth-order valence-electron chi connectivity index (χ4n) is 3.34. The number of hydrogen-bond acceptors (Lipinski definition) is 0. The Morgan fingerprint density at radius 3 is 1.57 bits per heavy atom. The highest BCUT2D eigenvalue weighted by Gasteiger charge is 2.08. The average Bonchev–Trinajstić information content (AvgIpc) is 2.87. The zero-order valence-corrected chi connectivity index (χ0v) is 16.1. The maximum atomic E-state index is 3.30. The molecule has 2 nitrogen and oxygen atoms in total. The summed E-state index contributed by atoms with van der Waals surface area (Å²) in [4.78, 5) is 3.30. The van der Waals surface area contributed by atoms with Crippen LogP contribution in [-0.4, -0.2) is 4.98 Å². The van der Waals surface area contributed by atoms with Crippen LogP contribution in [0.1, 0.15) is 108 Å². The quantitative estimate of drug-likeness (QED) is 0.294. The summed E-state index contributed by atoms with van der Waals surface area (Å²) in [6, 6.07) is 0. The van der Waals surface area contributed by atoms with Crippen molar-refractivity contribution in [2.24, 2.45) is 7.05 Å². The minimum absolute atomic E-state index is 1.22. The Bertz CT molecular complexity index is 381. The van der Waals surface area contributed by atoms with E-state index in [1.54, 1.807) is 0 Å². The Kier molecular flexibility index (Phi) is 12.0. The first-order chi connectivity index (χ1) is 11.3. The van der Waals surface area contributed by atoms with Crippen molar-refractivity contribution in [1.29, 1.82) is 0 Å². The van der Waals surface area contributed by atoms with E-state index in [0.717, 1.165) is 0 Å².